The minimum absolute atomic E-state index is 0.0136. The molecule has 9 heteroatoms. The number of carbonyl (C=O) groups is 2. The molecular formula is C38H38N6O3. The van der Waals surface area contributed by atoms with Gasteiger partial charge in [0.25, 0.3) is 5.91 Å². The fraction of sp³-hybridized carbons (Fsp3) is 0.237. The van der Waals surface area contributed by atoms with E-state index in [1.165, 1.54) is 30.2 Å². The largest absolute Gasteiger partial charge is 0.456 e. The molecule has 2 heterocycles. The molecule has 1 saturated heterocycles. The highest BCUT2D eigenvalue weighted by molar-refractivity contribution is 6.04. The minimum atomic E-state index is -0.349. The standard InChI is InChI=1S/C38H38N6O3/c1-26(2)40-38(46)42-31-14-19-36(28(22-31)23-39)47-33-17-12-30(13-18-33)41-37(45)27-10-15-32(16-11-27)44-25-29(24-43-20-6-3-7-21-43)34-8-4-5-9-35(34)44/h4-5,8-19,22,25-26H,3,6-7,20-21,24H2,1-2H3,(H,41,45)(H2,40,42,46). The lowest BCUT2D eigenvalue weighted by Gasteiger charge is -2.26. The van der Waals surface area contributed by atoms with Crippen LogP contribution in [0.15, 0.2) is 97.2 Å². The Morgan fingerprint density at radius 1 is 0.872 bits per heavy atom. The van der Waals surface area contributed by atoms with Gasteiger partial charge in [-0.2, -0.15) is 5.26 Å². The van der Waals surface area contributed by atoms with Crippen LogP contribution in [0, 0.1) is 11.3 Å². The Bertz CT molecular complexity index is 1920. The number of fused-ring (bicyclic) bond motifs is 1. The van der Waals surface area contributed by atoms with Gasteiger partial charge in [-0.15, -0.1) is 0 Å². The first kappa shape index (κ1) is 31.4. The molecule has 1 aliphatic rings. The van der Waals surface area contributed by atoms with Crippen molar-refractivity contribution >= 4 is 34.2 Å². The molecule has 0 unspecified atom stereocenters. The number of aromatic nitrogens is 1. The van der Waals surface area contributed by atoms with E-state index in [9.17, 15) is 14.9 Å². The summed E-state index contributed by atoms with van der Waals surface area (Å²) < 4.78 is 8.14. The Morgan fingerprint density at radius 2 is 1.60 bits per heavy atom. The van der Waals surface area contributed by atoms with Gasteiger partial charge in [0.2, 0.25) is 0 Å². The van der Waals surface area contributed by atoms with Gasteiger partial charge < -0.3 is 25.3 Å². The Hall–Kier alpha value is -5.59. The zero-order valence-corrected chi connectivity index (χ0v) is 26.6. The number of carbonyl (C=O) groups excluding carboxylic acids is 2. The summed E-state index contributed by atoms with van der Waals surface area (Å²) in [5.74, 6) is 0.638. The van der Waals surface area contributed by atoms with Crippen LogP contribution in [0.2, 0.25) is 0 Å². The topological polar surface area (TPSA) is 111 Å². The van der Waals surface area contributed by atoms with E-state index in [2.05, 4.69) is 61.9 Å². The van der Waals surface area contributed by atoms with Gasteiger partial charge in [-0.05, 0) is 118 Å². The van der Waals surface area contributed by atoms with Gasteiger partial charge >= 0.3 is 6.03 Å². The molecule has 9 nitrogen and oxygen atoms in total. The average Bonchev–Trinajstić information content (AvgIpc) is 3.44. The summed E-state index contributed by atoms with van der Waals surface area (Å²) in [6.45, 7) is 6.97. The van der Waals surface area contributed by atoms with Crippen LogP contribution in [0.4, 0.5) is 16.2 Å². The maximum atomic E-state index is 13.1. The summed E-state index contributed by atoms with van der Waals surface area (Å²) in [7, 11) is 0. The van der Waals surface area contributed by atoms with Crippen LogP contribution in [0.25, 0.3) is 16.6 Å². The van der Waals surface area contributed by atoms with Crippen molar-refractivity contribution in [3.63, 3.8) is 0 Å². The molecule has 0 aliphatic carbocycles. The van der Waals surface area contributed by atoms with Crippen molar-refractivity contribution in [1.82, 2.24) is 14.8 Å². The van der Waals surface area contributed by atoms with Crippen molar-refractivity contribution in [2.45, 2.75) is 45.7 Å². The van der Waals surface area contributed by atoms with Crippen molar-refractivity contribution < 1.29 is 14.3 Å². The quantitative estimate of drug-likeness (QED) is 0.153. The lowest BCUT2D eigenvalue weighted by molar-refractivity contribution is 0.102. The number of rotatable bonds is 9. The molecule has 5 aromatic rings. The SMILES string of the molecule is CC(C)NC(=O)Nc1ccc(Oc2ccc(NC(=O)c3ccc(-n4cc(CN5CCCCC5)c5ccccc54)cc3)cc2)c(C#N)c1. The number of hydrogen-bond donors (Lipinski definition) is 3. The molecular weight excluding hydrogens is 588 g/mol. The second-order valence-corrected chi connectivity index (χ2v) is 12.1. The van der Waals surface area contributed by atoms with E-state index in [1.54, 1.807) is 42.5 Å². The van der Waals surface area contributed by atoms with Gasteiger partial charge in [0.15, 0.2) is 0 Å². The molecule has 0 saturated carbocycles. The third-order valence-corrected chi connectivity index (χ3v) is 8.16. The number of nitrogens with one attached hydrogen (secondary N) is 3. The van der Waals surface area contributed by atoms with Crippen LogP contribution >= 0.6 is 0 Å². The summed E-state index contributed by atoms with van der Waals surface area (Å²) in [4.78, 5) is 27.6. The Morgan fingerprint density at radius 3 is 2.32 bits per heavy atom. The molecule has 0 radical (unpaired) electrons. The Kier molecular flexibility index (Phi) is 9.51. The highest BCUT2D eigenvalue weighted by atomic mass is 16.5. The Balaban J connectivity index is 1.09. The number of hydrogen-bond acceptors (Lipinski definition) is 5. The number of para-hydroxylation sites is 1. The van der Waals surface area contributed by atoms with Gasteiger partial charge in [-0.3, -0.25) is 9.69 Å². The zero-order valence-electron chi connectivity index (χ0n) is 26.6. The maximum absolute atomic E-state index is 13.1. The third-order valence-electron chi connectivity index (χ3n) is 8.16. The van der Waals surface area contributed by atoms with Crippen molar-refractivity contribution in [1.29, 1.82) is 5.26 Å². The summed E-state index contributed by atoms with van der Waals surface area (Å²) in [6, 6.07) is 29.7. The number of anilines is 2. The van der Waals surface area contributed by atoms with Crippen LogP contribution in [-0.4, -0.2) is 40.5 Å². The monoisotopic (exact) mass is 626 g/mol. The van der Waals surface area contributed by atoms with E-state index >= 15 is 0 Å². The summed E-state index contributed by atoms with van der Waals surface area (Å²) in [5, 5.41) is 19.3. The predicted molar refractivity (Wildman–Crippen MR) is 185 cm³/mol. The van der Waals surface area contributed by atoms with Gasteiger partial charge in [-0.25, -0.2) is 4.79 Å². The fourth-order valence-electron chi connectivity index (χ4n) is 5.87. The first-order valence-electron chi connectivity index (χ1n) is 16.0. The molecule has 3 amide bonds. The number of urea groups is 1. The average molecular weight is 627 g/mol. The highest BCUT2D eigenvalue weighted by Gasteiger charge is 2.16. The lowest BCUT2D eigenvalue weighted by atomic mass is 10.1. The van der Waals surface area contributed by atoms with Crippen molar-refractivity contribution in [3.05, 3.63) is 114 Å². The van der Waals surface area contributed by atoms with E-state index in [1.807, 2.05) is 38.1 Å². The number of amides is 3. The molecule has 0 spiro atoms. The number of likely N-dealkylation sites (tertiary alicyclic amines) is 1. The molecule has 6 rings (SSSR count). The van der Waals surface area contributed by atoms with Crippen LogP contribution < -0.4 is 20.7 Å². The third kappa shape index (κ3) is 7.63. The normalized spacial score (nSPS) is 13.2. The number of benzene rings is 4. The van der Waals surface area contributed by atoms with E-state index in [4.69, 9.17) is 4.74 Å². The smallest absolute Gasteiger partial charge is 0.319 e. The summed E-state index contributed by atoms with van der Waals surface area (Å²) in [6.07, 6.45) is 6.07. The van der Waals surface area contributed by atoms with Gasteiger partial charge in [-0.1, -0.05) is 24.6 Å². The van der Waals surface area contributed by atoms with Gasteiger partial charge in [0, 0.05) is 46.8 Å². The molecule has 1 aliphatic heterocycles. The van der Waals surface area contributed by atoms with E-state index in [-0.39, 0.29) is 23.5 Å². The molecule has 238 valence electrons. The van der Waals surface area contributed by atoms with Crippen LogP contribution in [0.5, 0.6) is 11.5 Å². The second kappa shape index (κ2) is 14.2. The fourth-order valence-corrected chi connectivity index (χ4v) is 5.87. The molecule has 4 aromatic carbocycles. The number of piperidine rings is 1. The first-order valence-corrected chi connectivity index (χ1v) is 16.0. The predicted octanol–water partition coefficient (Wildman–Crippen LogP) is 8.06. The summed E-state index contributed by atoms with van der Waals surface area (Å²) in [5.41, 5.74) is 5.40. The highest BCUT2D eigenvalue weighted by Crippen LogP contribution is 2.30. The molecule has 1 fully saturated rings. The number of nitriles is 1. The van der Waals surface area contributed by atoms with Crippen LogP contribution in [0.3, 0.4) is 0 Å². The van der Waals surface area contributed by atoms with E-state index in [0.29, 0.717) is 28.4 Å². The van der Waals surface area contributed by atoms with Crippen molar-refractivity contribution in [2.75, 3.05) is 23.7 Å². The maximum Gasteiger partial charge on any atom is 0.319 e. The zero-order chi connectivity index (χ0) is 32.8. The molecule has 47 heavy (non-hydrogen) atoms. The van der Waals surface area contributed by atoms with E-state index < -0.39 is 0 Å². The molecule has 0 bridgehead atoms. The Labute approximate surface area is 274 Å². The van der Waals surface area contributed by atoms with Gasteiger partial charge in [0.1, 0.15) is 17.6 Å². The molecule has 0 atom stereocenters. The second-order valence-electron chi connectivity index (χ2n) is 12.1. The first-order chi connectivity index (χ1) is 22.9. The number of ether oxygens (including phenoxy) is 1. The lowest BCUT2D eigenvalue weighted by Crippen LogP contribution is -2.34. The molecule has 3 N–H and O–H groups in total. The van der Waals surface area contributed by atoms with Crippen LogP contribution in [0.1, 0.15) is 54.6 Å². The number of nitrogens with zero attached hydrogens (tertiary/aromatic N) is 3. The van der Waals surface area contributed by atoms with Crippen molar-refractivity contribution in [2.24, 2.45) is 0 Å². The van der Waals surface area contributed by atoms with E-state index in [0.717, 1.165) is 30.8 Å². The van der Waals surface area contributed by atoms with Gasteiger partial charge in [0.05, 0.1) is 11.1 Å². The summed E-state index contributed by atoms with van der Waals surface area (Å²) >= 11 is 0. The molecule has 1 aromatic heterocycles. The minimum Gasteiger partial charge on any atom is -0.456 e. The van der Waals surface area contributed by atoms with Crippen molar-refractivity contribution in [3.8, 4) is 23.3 Å². The van der Waals surface area contributed by atoms with Crippen LogP contribution in [-0.2, 0) is 6.54 Å².